The van der Waals surface area contributed by atoms with Crippen LogP contribution in [-0.2, 0) is 0 Å². The van der Waals surface area contributed by atoms with Crippen molar-refractivity contribution in [2.45, 2.75) is 38.1 Å². The number of nitrogens with one attached hydrogen (secondary N) is 1. The fourth-order valence-corrected chi connectivity index (χ4v) is 2.91. The van der Waals surface area contributed by atoms with Crippen molar-refractivity contribution in [3.63, 3.8) is 0 Å². The summed E-state index contributed by atoms with van der Waals surface area (Å²) < 4.78 is 1.31. The zero-order valence-corrected chi connectivity index (χ0v) is 11.6. The van der Waals surface area contributed by atoms with Crippen LogP contribution in [-0.4, -0.2) is 20.9 Å². The Kier molecular flexibility index (Phi) is 3.60. The fraction of sp³-hybridized carbons (Fsp3) is 0.400. The van der Waals surface area contributed by atoms with Gasteiger partial charge in [-0.25, -0.2) is 4.79 Å². The molecule has 21 heavy (non-hydrogen) atoms. The van der Waals surface area contributed by atoms with Gasteiger partial charge in [0, 0.05) is 12.3 Å². The molecule has 0 saturated heterocycles. The second kappa shape index (κ2) is 5.55. The van der Waals surface area contributed by atoms with Crippen molar-refractivity contribution < 1.29 is 5.11 Å². The first kappa shape index (κ1) is 13.6. The maximum absolute atomic E-state index is 12.0. The number of allylic oxidation sites excluding steroid dienone is 2. The number of hydrogen-bond acceptors (Lipinski definition) is 4. The highest BCUT2D eigenvalue weighted by Crippen LogP contribution is 2.30. The zero-order valence-electron chi connectivity index (χ0n) is 11.6. The highest BCUT2D eigenvalue weighted by molar-refractivity contribution is 5.79. The first-order chi connectivity index (χ1) is 10.2. The van der Waals surface area contributed by atoms with E-state index in [4.69, 9.17) is 0 Å². The number of aromatic amines is 1. The molecule has 0 amide bonds. The summed E-state index contributed by atoms with van der Waals surface area (Å²) in [4.78, 5) is 30.3. The molecule has 1 aromatic rings. The molecule has 0 bridgehead atoms. The van der Waals surface area contributed by atoms with Crippen molar-refractivity contribution in [1.82, 2.24) is 9.55 Å². The van der Waals surface area contributed by atoms with Gasteiger partial charge in [-0.1, -0.05) is 19.3 Å². The molecule has 0 radical (unpaired) electrons. The van der Waals surface area contributed by atoms with Crippen LogP contribution in [0.3, 0.4) is 0 Å². The van der Waals surface area contributed by atoms with Crippen LogP contribution < -0.4 is 11.2 Å². The summed E-state index contributed by atoms with van der Waals surface area (Å²) in [6.07, 6.45) is 11.5. The SMILES string of the molecule is O=c1[nH]c(=O)n(C2CCCCC2)c(O)c1/C=C1\C=CC=N1. The Bertz CT molecular complexity index is 732. The lowest BCUT2D eigenvalue weighted by molar-refractivity contribution is 0.298. The van der Waals surface area contributed by atoms with E-state index in [2.05, 4.69) is 9.98 Å². The molecule has 1 fully saturated rings. The minimum atomic E-state index is -0.590. The van der Waals surface area contributed by atoms with E-state index in [1.54, 1.807) is 18.4 Å². The lowest BCUT2D eigenvalue weighted by Crippen LogP contribution is -2.34. The van der Waals surface area contributed by atoms with E-state index in [9.17, 15) is 14.7 Å². The van der Waals surface area contributed by atoms with Crippen LogP contribution in [0.15, 0.2) is 32.4 Å². The molecule has 0 atom stereocenters. The van der Waals surface area contributed by atoms with E-state index in [0.29, 0.717) is 5.70 Å². The summed E-state index contributed by atoms with van der Waals surface area (Å²) >= 11 is 0. The van der Waals surface area contributed by atoms with Crippen molar-refractivity contribution in [1.29, 1.82) is 0 Å². The standard InChI is InChI=1S/C15H17N3O3/c19-13-12(9-10-5-4-8-16-10)14(20)18(15(21)17-13)11-6-2-1-3-7-11/h4-5,8-9,11,20H,1-3,6-7H2,(H,17,19,21)/b10-9+. The molecular formula is C15H17N3O3. The van der Waals surface area contributed by atoms with Gasteiger partial charge in [0.05, 0.1) is 5.70 Å². The zero-order chi connectivity index (χ0) is 14.8. The number of H-pyrrole nitrogens is 1. The van der Waals surface area contributed by atoms with E-state index in [1.165, 1.54) is 10.6 Å². The Morgan fingerprint density at radius 3 is 2.71 bits per heavy atom. The molecule has 3 rings (SSSR count). The first-order valence-electron chi connectivity index (χ1n) is 7.17. The number of nitrogens with zero attached hydrogens (tertiary/aromatic N) is 2. The lowest BCUT2D eigenvalue weighted by atomic mass is 9.95. The molecule has 2 N–H and O–H groups in total. The van der Waals surface area contributed by atoms with Crippen LogP contribution in [0.2, 0.25) is 0 Å². The summed E-state index contributed by atoms with van der Waals surface area (Å²) in [7, 11) is 0. The number of aromatic hydroxyl groups is 1. The molecule has 2 heterocycles. The summed E-state index contributed by atoms with van der Waals surface area (Å²) in [5, 5.41) is 10.4. The van der Waals surface area contributed by atoms with Crippen molar-refractivity contribution in [3.8, 4) is 5.88 Å². The number of aliphatic imine (C=N–C) groups is 1. The minimum absolute atomic E-state index is 0.0529. The van der Waals surface area contributed by atoms with Crippen molar-refractivity contribution in [2.75, 3.05) is 0 Å². The molecule has 0 unspecified atom stereocenters. The van der Waals surface area contributed by atoms with Crippen molar-refractivity contribution in [3.05, 3.63) is 44.3 Å². The quantitative estimate of drug-likeness (QED) is 0.868. The highest BCUT2D eigenvalue weighted by atomic mass is 16.3. The maximum atomic E-state index is 12.0. The predicted octanol–water partition coefficient (Wildman–Crippen LogP) is 1.73. The average Bonchev–Trinajstić information content (AvgIpc) is 2.97. The third-order valence-electron chi connectivity index (χ3n) is 3.96. The highest BCUT2D eigenvalue weighted by Gasteiger charge is 2.22. The molecule has 0 aromatic carbocycles. The Balaban J connectivity index is 2.11. The number of aromatic nitrogens is 2. The van der Waals surface area contributed by atoms with Crippen LogP contribution in [0.25, 0.3) is 6.08 Å². The average molecular weight is 287 g/mol. The van der Waals surface area contributed by atoms with Gasteiger partial charge in [0.15, 0.2) is 0 Å². The third kappa shape index (κ3) is 2.61. The number of rotatable bonds is 2. The van der Waals surface area contributed by atoms with Gasteiger partial charge < -0.3 is 5.11 Å². The fourth-order valence-electron chi connectivity index (χ4n) is 2.91. The summed E-state index contributed by atoms with van der Waals surface area (Å²) in [6.45, 7) is 0. The molecular weight excluding hydrogens is 270 g/mol. The Hall–Kier alpha value is -2.37. The van der Waals surface area contributed by atoms with Crippen LogP contribution in [0.5, 0.6) is 5.88 Å². The van der Waals surface area contributed by atoms with Gasteiger partial charge in [-0.2, -0.15) is 0 Å². The van der Waals surface area contributed by atoms with Gasteiger partial charge in [0.1, 0.15) is 5.56 Å². The molecule has 1 aliphatic heterocycles. The molecule has 1 aromatic heterocycles. The van der Waals surface area contributed by atoms with Crippen LogP contribution in [0.1, 0.15) is 43.7 Å². The van der Waals surface area contributed by atoms with Crippen molar-refractivity contribution in [2.24, 2.45) is 4.99 Å². The van der Waals surface area contributed by atoms with E-state index < -0.39 is 11.2 Å². The largest absolute Gasteiger partial charge is 0.494 e. The Labute approximate surface area is 121 Å². The summed E-state index contributed by atoms with van der Waals surface area (Å²) in [5.74, 6) is -0.265. The van der Waals surface area contributed by atoms with Gasteiger partial charge in [-0.05, 0) is 31.1 Å². The van der Waals surface area contributed by atoms with Gasteiger partial charge in [-0.15, -0.1) is 0 Å². The van der Waals surface area contributed by atoms with E-state index in [1.807, 2.05) is 0 Å². The van der Waals surface area contributed by atoms with Crippen molar-refractivity contribution >= 4 is 12.3 Å². The maximum Gasteiger partial charge on any atom is 0.331 e. The third-order valence-corrected chi connectivity index (χ3v) is 3.96. The molecule has 2 aliphatic rings. The molecule has 6 heteroatoms. The smallest absolute Gasteiger partial charge is 0.331 e. The number of hydrogen-bond donors (Lipinski definition) is 2. The monoisotopic (exact) mass is 287 g/mol. The van der Waals surface area contributed by atoms with Gasteiger partial charge >= 0.3 is 5.69 Å². The first-order valence-corrected chi connectivity index (χ1v) is 7.17. The molecule has 6 nitrogen and oxygen atoms in total. The normalized spacial score (nSPS) is 20.5. The second-order valence-corrected chi connectivity index (χ2v) is 5.36. The van der Waals surface area contributed by atoms with Crippen LogP contribution >= 0.6 is 0 Å². The topological polar surface area (TPSA) is 87.5 Å². The molecule has 110 valence electrons. The Morgan fingerprint density at radius 2 is 2.05 bits per heavy atom. The molecule has 1 saturated carbocycles. The lowest BCUT2D eigenvalue weighted by Gasteiger charge is -2.24. The van der Waals surface area contributed by atoms with Gasteiger partial charge in [0.2, 0.25) is 5.88 Å². The minimum Gasteiger partial charge on any atom is -0.494 e. The van der Waals surface area contributed by atoms with E-state index in [0.717, 1.165) is 32.1 Å². The second-order valence-electron chi connectivity index (χ2n) is 5.36. The van der Waals surface area contributed by atoms with Crippen LogP contribution in [0.4, 0.5) is 0 Å². The van der Waals surface area contributed by atoms with E-state index in [-0.39, 0.29) is 17.5 Å². The molecule has 1 aliphatic carbocycles. The molecule has 0 spiro atoms. The predicted molar refractivity (Wildman–Crippen MR) is 80.7 cm³/mol. The van der Waals surface area contributed by atoms with Crippen LogP contribution in [0, 0.1) is 0 Å². The van der Waals surface area contributed by atoms with E-state index >= 15 is 0 Å². The van der Waals surface area contributed by atoms with Gasteiger partial charge in [-0.3, -0.25) is 19.3 Å². The van der Waals surface area contributed by atoms with Gasteiger partial charge in [0.25, 0.3) is 5.56 Å². The summed E-state index contributed by atoms with van der Waals surface area (Å²) in [6, 6.07) is -0.0529. The summed E-state index contributed by atoms with van der Waals surface area (Å²) in [5.41, 5.74) is -0.479. The Morgan fingerprint density at radius 1 is 1.29 bits per heavy atom.